The van der Waals surface area contributed by atoms with Crippen LogP contribution >= 0.6 is 0 Å². The van der Waals surface area contributed by atoms with Gasteiger partial charge < -0.3 is 24.8 Å². The summed E-state index contributed by atoms with van der Waals surface area (Å²) in [5.74, 6) is 0. The molecule has 119 valence electrons. The molecular weight excluding hydrogens is 410 g/mol. The van der Waals surface area contributed by atoms with Gasteiger partial charge in [-0.2, -0.15) is 0 Å². The molecule has 0 radical (unpaired) electrons. The first-order valence-corrected chi connectivity index (χ1v) is 10.9. The molecule has 0 spiro atoms. The van der Waals surface area contributed by atoms with Crippen molar-refractivity contribution in [1.82, 2.24) is 0 Å². The first kappa shape index (κ1) is 20.5. The van der Waals surface area contributed by atoms with Gasteiger partial charge in [-0.3, -0.25) is 0 Å². The largest absolute Gasteiger partial charge is 1.00 e. The van der Waals surface area contributed by atoms with Crippen molar-refractivity contribution in [2.45, 2.75) is 52.1 Å². The fraction of sp³-hybridized carbons (Fsp3) is 0.471. The standard InChI is InChI=1S/C14H17OSi.C3H6.2ClH.Zr/c16-15-14-9-13(10-5-1-2-6-10)11-7-3-4-8-12(11)14;1-3-2;;;/h1-2,5,14H,3-4,6-8H2,16H3;1-2H3;2*1H;/q;;;;+2/p-2. The van der Waals surface area contributed by atoms with E-state index in [-0.39, 0.29) is 24.8 Å². The molecule has 0 aliphatic heterocycles. The van der Waals surface area contributed by atoms with E-state index in [1.807, 2.05) is 0 Å². The molecule has 5 heteroatoms. The van der Waals surface area contributed by atoms with Gasteiger partial charge in [-0.05, 0) is 0 Å². The van der Waals surface area contributed by atoms with Crippen molar-refractivity contribution in [3.8, 4) is 0 Å². The summed E-state index contributed by atoms with van der Waals surface area (Å²) in [4.78, 5) is 0. The zero-order chi connectivity index (χ0) is 14.1. The first-order chi connectivity index (χ1) is 9.72. The minimum Gasteiger partial charge on any atom is -1.00 e. The molecule has 1 atom stereocenters. The van der Waals surface area contributed by atoms with E-state index in [0.29, 0.717) is 6.10 Å². The maximum Gasteiger partial charge on any atom is -1.00 e. The van der Waals surface area contributed by atoms with Crippen LogP contribution in [0.15, 0.2) is 43.8 Å². The van der Waals surface area contributed by atoms with Crippen molar-refractivity contribution in [2.75, 3.05) is 0 Å². The normalized spacial score (nSPS) is 22.8. The molecular formula is C17H23Cl2OSiZr. The zero-order valence-electron chi connectivity index (χ0n) is 13.5. The second-order valence-electron chi connectivity index (χ2n) is 6.06. The zero-order valence-corrected chi connectivity index (χ0v) is 19.5. The van der Waals surface area contributed by atoms with Crippen LogP contribution in [0.4, 0.5) is 0 Å². The smallest absolute Gasteiger partial charge is 1.00 e. The second-order valence-corrected chi connectivity index (χ2v) is 10.9. The molecule has 3 aliphatic rings. The molecule has 1 nitrogen and oxygen atoms in total. The maximum absolute atomic E-state index is 6.09. The average Bonchev–Trinajstić information content (AvgIpc) is 3.02. The Hall–Kier alpha value is 0.470. The number of allylic oxidation sites excluding steroid dienone is 6. The summed E-state index contributed by atoms with van der Waals surface area (Å²) in [6.07, 6.45) is 13.7. The Labute approximate surface area is 160 Å². The summed E-state index contributed by atoms with van der Waals surface area (Å²) in [5, 5.41) is 0. The molecule has 22 heavy (non-hydrogen) atoms. The molecule has 1 unspecified atom stereocenters. The van der Waals surface area contributed by atoms with Crippen LogP contribution in [0.5, 0.6) is 0 Å². The van der Waals surface area contributed by atoms with Crippen LogP contribution in [-0.2, 0) is 27.2 Å². The molecule has 0 aromatic rings. The van der Waals surface area contributed by atoms with Gasteiger partial charge in [0.25, 0.3) is 0 Å². The van der Waals surface area contributed by atoms with Crippen molar-refractivity contribution < 1.29 is 52.0 Å². The molecule has 0 aromatic heterocycles. The van der Waals surface area contributed by atoms with Gasteiger partial charge in [-0.1, -0.05) is 0 Å². The second kappa shape index (κ2) is 9.08. The van der Waals surface area contributed by atoms with Crippen LogP contribution in [-0.4, -0.2) is 19.8 Å². The minimum atomic E-state index is -0.600. The summed E-state index contributed by atoms with van der Waals surface area (Å²) < 4.78 is 9.48. The van der Waals surface area contributed by atoms with Gasteiger partial charge in [0.2, 0.25) is 0 Å². The Balaban J connectivity index is 0.00000121. The monoisotopic (exact) mass is 431 g/mol. The van der Waals surface area contributed by atoms with Crippen LogP contribution < -0.4 is 24.8 Å². The summed E-state index contributed by atoms with van der Waals surface area (Å²) in [7, 11) is 0.851. The number of rotatable bonds is 3. The van der Waals surface area contributed by atoms with E-state index in [2.05, 4.69) is 32.1 Å². The van der Waals surface area contributed by atoms with E-state index >= 15 is 0 Å². The number of halogens is 2. The summed E-state index contributed by atoms with van der Waals surface area (Å²) >= 11 is -0.600. The van der Waals surface area contributed by atoms with Gasteiger partial charge in [0.1, 0.15) is 0 Å². The van der Waals surface area contributed by atoms with Gasteiger partial charge in [-0.25, -0.2) is 0 Å². The van der Waals surface area contributed by atoms with Crippen molar-refractivity contribution in [1.29, 1.82) is 0 Å². The molecule has 0 aromatic carbocycles. The van der Waals surface area contributed by atoms with E-state index in [1.54, 1.807) is 28.8 Å². The third kappa shape index (κ3) is 3.92. The summed E-state index contributed by atoms with van der Waals surface area (Å²) in [6, 6.07) is 0. The minimum absolute atomic E-state index is 0. The van der Waals surface area contributed by atoms with Gasteiger partial charge in [-0.15, -0.1) is 0 Å². The van der Waals surface area contributed by atoms with Gasteiger partial charge >= 0.3 is 137 Å². The van der Waals surface area contributed by atoms with E-state index in [4.69, 9.17) is 4.43 Å². The maximum atomic E-state index is 6.09. The van der Waals surface area contributed by atoms with Gasteiger partial charge in [0.05, 0.1) is 0 Å². The topological polar surface area (TPSA) is 9.23 Å². The SMILES string of the molecule is C[C](C)=[Zr+2][C]1=C(C2=CC=CC2)C2=C(CCCC2)C1O[SiH3].[Cl-].[Cl-]. The van der Waals surface area contributed by atoms with E-state index in [0.717, 1.165) is 16.9 Å². The van der Waals surface area contributed by atoms with Crippen molar-refractivity contribution in [2.24, 2.45) is 0 Å². The molecule has 0 fully saturated rings. The molecule has 0 N–H and O–H groups in total. The Bertz CT molecular complexity index is 583. The molecule has 0 heterocycles. The van der Waals surface area contributed by atoms with Crippen LogP contribution in [0.25, 0.3) is 0 Å². The third-order valence-corrected chi connectivity index (χ3v) is 7.99. The third-order valence-electron chi connectivity index (χ3n) is 4.37. The van der Waals surface area contributed by atoms with Crippen LogP contribution in [0.2, 0.25) is 0 Å². The van der Waals surface area contributed by atoms with Gasteiger partial charge in [0.15, 0.2) is 0 Å². The molecule has 0 bridgehead atoms. The quantitative estimate of drug-likeness (QED) is 0.431. The van der Waals surface area contributed by atoms with Crippen LogP contribution in [0, 0.1) is 0 Å². The average molecular weight is 434 g/mol. The molecule has 0 saturated carbocycles. The van der Waals surface area contributed by atoms with E-state index in [9.17, 15) is 0 Å². The van der Waals surface area contributed by atoms with Crippen molar-refractivity contribution in [3.05, 3.63) is 43.8 Å². The molecule has 0 amide bonds. The Morgan fingerprint density at radius 1 is 1.23 bits per heavy atom. The van der Waals surface area contributed by atoms with Crippen LogP contribution in [0.3, 0.4) is 0 Å². The van der Waals surface area contributed by atoms with Crippen molar-refractivity contribution in [3.63, 3.8) is 0 Å². The molecule has 3 rings (SSSR count). The van der Waals surface area contributed by atoms with E-state index < -0.39 is 22.8 Å². The summed E-state index contributed by atoms with van der Waals surface area (Å²) in [6.45, 7) is 4.64. The first-order valence-electron chi connectivity index (χ1n) is 7.65. The fourth-order valence-electron chi connectivity index (χ4n) is 3.63. The predicted molar refractivity (Wildman–Crippen MR) is 85.5 cm³/mol. The predicted octanol–water partition coefficient (Wildman–Crippen LogP) is -3.02. The molecule has 0 saturated heterocycles. The Morgan fingerprint density at radius 2 is 1.95 bits per heavy atom. The van der Waals surface area contributed by atoms with E-state index in [1.165, 1.54) is 25.7 Å². The molecule has 3 aliphatic carbocycles. The van der Waals surface area contributed by atoms with Crippen LogP contribution in [0.1, 0.15) is 46.0 Å². The summed E-state index contributed by atoms with van der Waals surface area (Å²) in [5.41, 5.74) is 6.56. The number of hydrogen-bond donors (Lipinski definition) is 0. The Kier molecular flexibility index (Phi) is 8.47. The number of hydrogen-bond acceptors (Lipinski definition) is 1. The Morgan fingerprint density at radius 3 is 2.55 bits per heavy atom. The van der Waals surface area contributed by atoms with Crippen molar-refractivity contribution >= 4 is 13.7 Å². The van der Waals surface area contributed by atoms with Gasteiger partial charge in [0, 0.05) is 0 Å². The fourth-order valence-corrected chi connectivity index (χ4v) is 8.17.